The predicted octanol–water partition coefficient (Wildman–Crippen LogP) is 5.19. The molecule has 35 heavy (non-hydrogen) atoms. The maximum atomic E-state index is 13.5. The second kappa shape index (κ2) is 10.2. The number of nitrogens with zero attached hydrogens (tertiary/aromatic N) is 1. The summed E-state index contributed by atoms with van der Waals surface area (Å²) in [5, 5.41) is 3.90. The predicted molar refractivity (Wildman–Crippen MR) is 135 cm³/mol. The van der Waals surface area contributed by atoms with Gasteiger partial charge in [0.25, 0.3) is 0 Å². The maximum absolute atomic E-state index is 13.5. The molecule has 0 aliphatic carbocycles. The van der Waals surface area contributed by atoms with Crippen LogP contribution in [-0.2, 0) is 11.3 Å². The summed E-state index contributed by atoms with van der Waals surface area (Å²) < 4.78 is 13.1. The monoisotopic (exact) mass is 469 g/mol. The fourth-order valence-electron chi connectivity index (χ4n) is 4.82. The molecule has 0 unspecified atom stereocenters. The number of Topliss-reactive ketones (excluding diaryl/α,β-unsaturated/α-hetero) is 1. The van der Waals surface area contributed by atoms with Crippen LogP contribution in [0.3, 0.4) is 0 Å². The highest BCUT2D eigenvalue weighted by Gasteiger charge is 2.27. The van der Waals surface area contributed by atoms with Gasteiger partial charge >= 0.3 is 0 Å². The number of likely N-dealkylation sites (tertiary alicyclic amines) is 1. The second-order valence-corrected chi connectivity index (χ2v) is 9.10. The molecule has 4 aromatic rings. The van der Waals surface area contributed by atoms with Crippen LogP contribution in [0.1, 0.15) is 28.8 Å². The van der Waals surface area contributed by atoms with E-state index in [4.69, 9.17) is 0 Å². The minimum atomic E-state index is -0.287. The van der Waals surface area contributed by atoms with Crippen molar-refractivity contribution in [1.82, 2.24) is 15.2 Å². The van der Waals surface area contributed by atoms with Crippen molar-refractivity contribution in [3.63, 3.8) is 0 Å². The number of ketones is 1. The van der Waals surface area contributed by atoms with Gasteiger partial charge in [0.15, 0.2) is 5.78 Å². The Hall–Kier alpha value is -3.77. The Morgan fingerprint density at radius 3 is 2.34 bits per heavy atom. The van der Waals surface area contributed by atoms with Crippen molar-refractivity contribution in [1.29, 1.82) is 0 Å². The third-order valence-corrected chi connectivity index (χ3v) is 6.75. The van der Waals surface area contributed by atoms with Crippen LogP contribution in [0.25, 0.3) is 22.2 Å². The maximum Gasteiger partial charge on any atom is 0.223 e. The second-order valence-electron chi connectivity index (χ2n) is 9.10. The quantitative estimate of drug-likeness (QED) is 0.366. The minimum Gasteiger partial charge on any atom is -0.354 e. The molecular formula is C29H28FN3O2. The summed E-state index contributed by atoms with van der Waals surface area (Å²) in [5.41, 5.74) is 4.39. The lowest BCUT2D eigenvalue weighted by molar-refractivity contribution is -0.126. The zero-order valence-electron chi connectivity index (χ0n) is 19.5. The van der Waals surface area contributed by atoms with Crippen molar-refractivity contribution in [2.45, 2.75) is 19.4 Å². The Balaban J connectivity index is 1.22. The summed E-state index contributed by atoms with van der Waals surface area (Å²) in [4.78, 5) is 31.7. The summed E-state index contributed by atoms with van der Waals surface area (Å²) in [7, 11) is 0. The molecule has 1 aliphatic heterocycles. The van der Waals surface area contributed by atoms with Gasteiger partial charge in [-0.25, -0.2) is 4.39 Å². The fourth-order valence-corrected chi connectivity index (χ4v) is 4.82. The molecule has 1 aliphatic rings. The van der Waals surface area contributed by atoms with Gasteiger partial charge in [-0.15, -0.1) is 0 Å². The summed E-state index contributed by atoms with van der Waals surface area (Å²) in [6.45, 7) is 2.11. The molecule has 0 bridgehead atoms. The molecule has 5 nitrogen and oxygen atoms in total. The third kappa shape index (κ3) is 5.17. The number of hydrogen-bond acceptors (Lipinski definition) is 3. The number of aromatic nitrogens is 1. The third-order valence-electron chi connectivity index (χ3n) is 6.75. The summed E-state index contributed by atoms with van der Waals surface area (Å²) in [6.07, 6.45) is 1.42. The van der Waals surface area contributed by atoms with Gasteiger partial charge in [0.1, 0.15) is 5.82 Å². The highest BCUT2D eigenvalue weighted by Crippen LogP contribution is 2.31. The number of fused-ring (bicyclic) bond motifs is 1. The van der Waals surface area contributed by atoms with E-state index in [0.717, 1.165) is 33.3 Å². The van der Waals surface area contributed by atoms with Gasteiger partial charge < -0.3 is 10.3 Å². The zero-order chi connectivity index (χ0) is 24.2. The molecular weight excluding hydrogens is 441 g/mol. The molecule has 1 amide bonds. The van der Waals surface area contributed by atoms with Crippen LogP contribution >= 0.6 is 0 Å². The Morgan fingerprint density at radius 2 is 1.60 bits per heavy atom. The Morgan fingerprint density at radius 1 is 0.914 bits per heavy atom. The number of amides is 1. The van der Waals surface area contributed by atoms with Crippen LogP contribution in [-0.4, -0.2) is 41.2 Å². The lowest BCUT2D eigenvalue weighted by Crippen LogP contribution is -2.42. The van der Waals surface area contributed by atoms with E-state index < -0.39 is 0 Å². The number of para-hydroxylation sites is 1. The molecule has 5 rings (SSSR count). The molecule has 1 aromatic heterocycles. The summed E-state index contributed by atoms with van der Waals surface area (Å²) in [5.74, 6) is -0.260. The smallest absolute Gasteiger partial charge is 0.223 e. The summed E-state index contributed by atoms with van der Waals surface area (Å²) >= 11 is 0. The molecule has 0 radical (unpaired) electrons. The SMILES string of the molecule is O=C(CN1CCC(C(=O)NCc2ccc(F)cc2)CC1)c1c(-c2ccccc2)[nH]c2ccccc12. The van der Waals surface area contributed by atoms with Crippen molar-refractivity contribution in [3.05, 3.63) is 95.8 Å². The molecule has 0 atom stereocenters. The standard InChI is InChI=1S/C29H28FN3O2/c30-23-12-10-20(11-13-23)18-31-29(35)22-14-16-33(17-15-22)19-26(34)27-24-8-4-5-9-25(24)32-28(27)21-6-2-1-3-7-21/h1-13,22,32H,14-19H2,(H,31,35). The highest BCUT2D eigenvalue weighted by atomic mass is 19.1. The average Bonchev–Trinajstić information content (AvgIpc) is 3.29. The van der Waals surface area contributed by atoms with Crippen LogP contribution < -0.4 is 5.32 Å². The molecule has 2 N–H and O–H groups in total. The molecule has 2 heterocycles. The van der Waals surface area contributed by atoms with E-state index in [1.165, 1.54) is 12.1 Å². The zero-order valence-corrected chi connectivity index (χ0v) is 19.5. The van der Waals surface area contributed by atoms with Gasteiger partial charge in [-0.05, 0) is 55.3 Å². The Labute approximate surface area is 204 Å². The number of carbonyl (C=O) groups excluding carboxylic acids is 2. The van der Waals surface area contributed by atoms with Crippen LogP contribution in [0, 0.1) is 11.7 Å². The first-order valence-electron chi connectivity index (χ1n) is 12.0. The number of hydrogen-bond donors (Lipinski definition) is 2. The van der Waals surface area contributed by atoms with Gasteiger partial charge in [0.2, 0.25) is 5.91 Å². The number of piperidine rings is 1. The average molecular weight is 470 g/mol. The van der Waals surface area contributed by atoms with Crippen molar-refractivity contribution < 1.29 is 14.0 Å². The van der Waals surface area contributed by atoms with Crippen LogP contribution in [0.2, 0.25) is 0 Å². The molecule has 6 heteroatoms. The minimum absolute atomic E-state index is 0.0169. The van der Waals surface area contributed by atoms with E-state index in [1.54, 1.807) is 12.1 Å². The largest absolute Gasteiger partial charge is 0.354 e. The van der Waals surface area contributed by atoms with E-state index >= 15 is 0 Å². The first kappa shape index (κ1) is 23.0. The number of nitrogens with one attached hydrogen (secondary N) is 2. The fraction of sp³-hybridized carbons (Fsp3) is 0.241. The van der Waals surface area contributed by atoms with Gasteiger partial charge in [-0.1, -0.05) is 60.7 Å². The highest BCUT2D eigenvalue weighted by molar-refractivity contribution is 6.14. The molecule has 1 saturated heterocycles. The lowest BCUT2D eigenvalue weighted by atomic mass is 9.95. The van der Waals surface area contributed by atoms with Crippen molar-refractivity contribution in [3.8, 4) is 11.3 Å². The first-order chi connectivity index (χ1) is 17.1. The normalized spacial score (nSPS) is 14.8. The van der Waals surface area contributed by atoms with E-state index in [1.807, 2.05) is 54.6 Å². The van der Waals surface area contributed by atoms with E-state index in [0.29, 0.717) is 39.0 Å². The number of H-pyrrole nitrogens is 1. The van der Waals surface area contributed by atoms with E-state index in [-0.39, 0.29) is 23.4 Å². The van der Waals surface area contributed by atoms with Crippen molar-refractivity contribution in [2.24, 2.45) is 5.92 Å². The number of aromatic amines is 1. The van der Waals surface area contributed by atoms with Crippen LogP contribution in [0.15, 0.2) is 78.9 Å². The summed E-state index contributed by atoms with van der Waals surface area (Å²) in [6, 6.07) is 24.0. The van der Waals surface area contributed by atoms with Crippen molar-refractivity contribution >= 4 is 22.6 Å². The van der Waals surface area contributed by atoms with Gasteiger partial charge in [0, 0.05) is 23.4 Å². The Bertz CT molecular complexity index is 1320. The number of benzene rings is 3. The topological polar surface area (TPSA) is 65.2 Å². The molecule has 1 fully saturated rings. The van der Waals surface area contributed by atoms with Gasteiger partial charge in [0.05, 0.1) is 17.8 Å². The number of rotatable bonds is 7. The van der Waals surface area contributed by atoms with Crippen LogP contribution in [0.5, 0.6) is 0 Å². The molecule has 3 aromatic carbocycles. The lowest BCUT2D eigenvalue weighted by Gasteiger charge is -2.30. The molecule has 0 spiro atoms. The molecule has 178 valence electrons. The van der Waals surface area contributed by atoms with Gasteiger partial charge in [-0.3, -0.25) is 14.5 Å². The van der Waals surface area contributed by atoms with Crippen LogP contribution in [0.4, 0.5) is 4.39 Å². The van der Waals surface area contributed by atoms with Crippen molar-refractivity contribution in [2.75, 3.05) is 19.6 Å². The van der Waals surface area contributed by atoms with E-state index in [9.17, 15) is 14.0 Å². The first-order valence-corrected chi connectivity index (χ1v) is 12.0. The van der Waals surface area contributed by atoms with E-state index in [2.05, 4.69) is 15.2 Å². The number of halogens is 1. The Kier molecular flexibility index (Phi) is 6.73. The number of carbonyl (C=O) groups is 2. The molecule has 0 saturated carbocycles. The van der Waals surface area contributed by atoms with Gasteiger partial charge in [-0.2, -0.15) is 0 Å².